The molecule has 0 amide bonds. The van der Waals surface area contributed by atoms with Gasteiger partial charge in [0.15, 0.2) is 0 Å². The number of benzene rings is 1. The predicted molar refractivity (Wildman–Crippen MR) is 160 cm³/mol. The van der Waals surface area contributed by atoms with Crippen LogP contribution in [0.25, 0.3) is 5.57 Å². The Balaban J connectivity index is -0.000000231. The van der Waals surface area contributed by atoms with Crippen molar-refractivity contribution < 1.29 is 4.39 Å². The summed E-state index contributed by atoms with van der Waals surface area (Å²) in [6.07, 6.45) is 13.9. The zero-order valence-electron chi connectivity index (χ0n) is 24.9. The minimum absolute atomic E-state index is 0.635. The number of halogens is 1. The summed E-state index contributed by atoms with van der Waals surface area (Å²) in [6.45, 7) is 31.4. The summed E-state index contributed by atoms with van der Waals surface area (Å²) in [5, 5.41) is 0. The van der Waals surface area contributed by atoms with Gasteiger partial charge >= 0.3 is 0 Å². The zero-order valence-corrected chi connectivity index (χ0v) is 24.9. The van der Waals surface area contributed by atoms with Crippen molar-refractivity contribution in [2.75, 3.05) is 0 Å². The summed E-state index contributed by atoms with van der Waals surface area (Å²) in [7, 11) is 0. The molecule has 0 N–H and O–H groups in total. The van der Waals surface area contributed by atoms with Gasteiger partial charge in [-0.15, -0.1) is 13.2 Å². The van der Waals surface area contributed by atoms with E-state index in [2.05, 4.69) is 71.7 Å². The lowest BCUT2D eigenvalue weighted by Gasteiger charge is -2.16. The molecule has 0 saturated heterocycles. The van der Waals surface area contributed by atoms with Crippen LogP contribution in [0.4, 0.5) is 4.39 Å². The lowest BCUT2D eigenvalue weighted by molar-refractivity contribution is 0.274. The summed E-state index contributed by atoms with van der Waals surface area (Å²) in [5.41, 5.74) is 2.66. The molecule has 0 aromatic heterocycles. The average molecular weight is 475 g/mol. The maximum atomic E-state index is 14.0. The minimum Gasteiger partial charge on any atom is -0.239 e. The second-order valence-electron chi connectivity index (χ2n) is 8.47. The smallest absolute Gasteiger partial charge is 0.130 e. The van der Waals surface area contributed by atoms with Gasteiger partial charge in [0.2, 0.25) is 0 Å². The van der Waals surface area contributed by atoms with Crippen molar-refractivity contribution in [3.8, 4) is 0 Å². The Bertz CT molecular complexity index is 605. The number of hydrogen-bond donors (Lipinski definition) is 0. The van der Waals surface area contributed by atoms with Gasteiger partial charge in [0.05, 0.1) is 0 Å². The van der Waals surface area contributed by atoms with Crippen LogP contribution in [0.15, 0.2) is 67.8 Å². The Kier molecular flexibility index (Phi) is 31.6. The van der Waals surface area contributed by atoms with E-state index in [0.717, 1.165) is 17.1 Å². The quantitative estimate of drug-likeness (QED) is 0.300. The number of alkyl halides is 1. The third-order valence-corrected chi connectivity index (χ3v) is 4.76. The molecule has 1 fully saturated rings. The molecule has 0 atom stereocenters. The highest BCUT2D eigenvalue weighted by Crippen LogP contribution is 2.26. The monoisotopic (exact) mass is 474 g/mol. The van der Waals surface area contributed by atoms with Crippen molar-refractivity contribution in [3.63, 3.8) is 0 Å². The van der Waals surface area contributed by atoms with E-state index in [1.165, 1.54) is 44.1 Å². The molecule has 1 aliphatic rings. The normalized spacial score (nSPS) is 13.4. The first-order chi connectivity index (χ1) is 16.1. The van der Waals surface area contributed by atoms with Gasteiger partial charge in [0, 0.05) is 0 Å². The van der Waals surface area contributed by atoms with Crippen molar-refractivity contribution in [1.29, 1.82) is 0 Å². The summed E-state index contributed by atoms with van der Waals surface area (Å²) >= 11 is 0. The summed E-state index contributed by atoms with van der Waals surface area (Å²) in [5.74, 6) is 1.04. The van der Waals surface area contributed by atoms with Crippen LogP contribution in [0, 0.1) is 12.8 Å². The number of hydrogen-bond acceptors (Lipinski definition) is 0. The fourth-order valence-electron chi connectivity index (χ4n) is 2.98. The van der Waals surface area contributed by atoms with Crippen LogP contribution in [0.5, 0.6) is 0 Å². The first kappa shape index (κ1) is 39.3. The van der Waals surface area contributed by atoms with E-state index in [4.69, 9.17) is 0 Å². The van der Waals surface area contributed by atoms with Crippen molar-refractivity contribution in [2.24, 2.45) is 5.92 Å². The van der Waals surface area contributed by atoms with E-state index in [-0.39, 0.29) is 0 Å². The van der Waals surface area contributed by atoms with Crippen LogP contribution in [-0.4, -0.2) is 5.67 Å². The van der Waals surface area contributed by atoms with Gasteiger partial charge in [-0.3, -0.25) is 0 Å². The van der Waals surface area contributed by atoms with Crippen LogP contribution in [0.3, 0.4) is 0 Å². The molecule has 0 spiro atoms. The molecule has 1 heteroatoms. The molecule has 1 saturated carbocycles. The molecule has 0 radical (unpaired) electrons. The summed E-state index contributed by atoms with van der Waals surface area (Å²) < 4.78 is 14.0. The van der Waals surface area contributed by atoms with Gasteiger partial charge in [-0.25, -0.2) is 4.39 Å². The van der Waals surface area contributed by atoms with E-state index in [1.54, 1.807) is 26.0 Å². The highest BCUT2D eigenvalue weighted by atomic mass is 19.1. The molecule has 1 aromatic carbocycles. The van der Waals surface area contributed by atoms with Gasteiger partial charge < -0.3 is 0 Å². The van der Waals surface area contributed by atoms with E-state index < -0.39 is 5.67 Å². The van der Waals surface area contributed by atoms with Crippen molar-refractivity contribution in [3.05, 3.63) is 78.9 Å². The second kappa shape index (κ2) is 27.4. The fraction of sp³-hybridized carbons (Fsp3) is 0.576. The Hall–Kier alpha value is -1.89. The Morgan fingerprint density at radius 1 is 0.971 bits per heavy atom. The Morgan fingerprint density at radius 3 is 1.68 bits per heavy atom. The summed E-state index contributed by atoms with van der Waals surface area (Å²) in [4.78, 5) is 0. The molecule has 0 bridgehead atoms. The fourth-order valence-corrected chi connectivity index (χ4v) is 2.98. The first-order valence-electron chi connectivity index (χ1n) is 13.4. The molecule has 0 unspecified atom stereocenters. The van der Waals surface area contributed by atoms with E-state index in [9.17, 15) is 4.39 Å². The Morgan fingerprint density at radius 2 is 1.38 bits per heavy atom. The highest BCUT2D eigenvalue weighted by molar-refractivity contribution is 5.67. The molecule has 1 aliphatic carbocycles. The second-order valence-corrected chi connectivity index (χ2v) is 8.47. The largest absolute Gasteiger partial charge is 0.239 e. The van der Waals surface area contributed by atoms with Crippen LogP contribution < -0.4 is 0 Å². The van der Waals surface area contributed by atoms with Crippen molar-refractivity contribution in [1.82, 2.24) is 0 Å². The van der Waals surface area contributed by atoms with Gasteiger partial charge in [-0.2, -0.15) is 0 Å². The number of aryl methyl sites for hydroxylation is 1. The van der Waals surface area contributed by atoms with E-state index in [0.29, 0.717) is 5.57 Å². The van der Waals surface area contributed by atoms with Gasteiger partial charge in [0.25, 0.3) is 0 Å². The highest BCUT2D eigenvalue weighted by Gasteiger charge is 2.19. The molecule has 34 heavy (non-hydrogen) atoms. The lowest BCUT2D eigenvalue weighted by atomic mass is 9.91. The standard InChI is InChI=1S/C17H21F.C7H14.C3H8.2C2H6.C2H4/c1-6-7-16(17(4,5)18)12-14(3)15-10-8-13(2)9-11-15;1-7-5-3-2-4-6-7;1-3-2;3*1-2/h6-12H,1H2,2-5H3;7H,2-6H2,1H3;3H2,1-2H3;2*1-2H3;1-2H2/b14-12+,16-7+;;;;;. The van der Waals surface area contributed by atoms with Crippen LogP contribution in [-0.2, 0) is 0 Å². The minimum atomic E-state index is -1.36. The topological polar surface area (TPSA) is 0 Å². The number of rotatable bonds is 4. The maximum Gasteiger partial charge on any atom is 0.130 e. The molecule has 198 valence electrons. The Labute approximate surface area is 215 Å². The average Bonchev–Trinajstić information content (AvgIpc) is 2.84. The molecular formula is C33H59F. The maximum absolute atomic E-state index is 14.0. The molecular weight excluding hydrogens is 415 g/mol. The van der Waals surface area contributed by atoms with Crippen molar-refractivity contribution >= 4 is 5.57 Å². The van der Waals surface area contributed by atoms with E-state index >= 15 is 0 Å². The SMILES string of the molecule is C=C.C=C/C=C(\C=C(/C)c1ccc(C)cc1)C(C)(C)F.CC.CC.CC1CCCCC1.CCC. The van der Waals surface area contributed by atoms with Gasteiger partial charge in [-0.05, 0) is 50.3 Å². The third-order valence-electron chi connectivity index (χ3n) is 4.76. The van der Waals surface area contributed by atoms with Crippen LogP contribution in [0.1, 0.15) is 119 Å². The predicted octanol–water partition coefficient (Wildman–Crippen LogP) is 12.1. The lowest BCUT2D eigenvalue weighted by Crippen LogP contribution is -2.14. The van der Waals surface area contributed by atoms with Crippen LogP contribution in [0.2, 0.25) is 0 Å². The van der Waals surface area contributed by atoms with E-state index in [1.807, 2.05) is 40.7 Å². The zero-order chi connectivity index (χ0) is 27.6. The third kappa shape index (κ3) is 23.3. The molecule has 1 aromatic rings. The molecule has 0 heterocycles. The number of allylic oxidation sites excluding steroid dienone is 5. The molecule has 0 nitrogen and oxygen atoms in total. The first-order valence-corrected chi connectivity index (χ1v) is 13.4. The van der Waals surface area contributed by atoms with Crippen molar-refractivity contribution in [2.45, 2.75) is 120 Å². The molecule has 2 rings (SSSR count). The summed E-state index contributed by atoms with van der Waals surface area (Å²) in [6, 6.07) is 8.23. The van der Waals surface area contributed by atoms with Gasteiger partial charge in [0.1, 0.15) is 5.67 Å². The van der Waals surface area contributed by atoms with Crippen LogP contribution >= 0.6 is 0 Å². The molecule has 0 aliphatic heterocycles. The van der Waals surface area contributed by atoms with Gasteiger partial charge in [-0.1, -0.05) is 142 Å².